The summed E-state index contributed by atoms with van der Waals surface area (Å²) in [5.41, 5.74) is -0.169. The first kappa shape index (κ1) is 19.8. The Balaban J connectivity index is 2.12. The van der Waals surface area contributed by atoms with E-state index in [4.69, 9.17) is 11.6 Å². The van der Waals surface area contributed by atoms with E-state index >= 15 is 0 Å². The number of halogens is 4. The fourth-order valence-electron chi connectivity index (χ4n) is 2.36. The minimum atomic E-state index is -4.50. The lowest BCUT2D eigenvalue weighted by molar-refractivity contribution is -0.137. The summed E-state index contributed by atoms with van der Waals surface area (Å²) < 4.78 is 38.2. The third-order valence-electron chi connectivity index (χ3n) is 3.51. The van der Waals surface area contributed by atoms with Gasteiger partial charge in [-0.1, -0.05) is 29.8 Å². The lowest BCUT2D eigenvalue weighted by Crippen LogP contribution is -2.29. The van der Waals surface area contributed by atoms with Gasteiger partial charge in [0.05, 0.1) is 18.0 Å². The van der Waals surface area contributed by atoms with Crippen LogP contribution in [-0.2, 0) is 15.8 Å². The van der Waals surface area contributed by atoms with Crippen molar-refractivity contribution in [3.05, 3.63) is 64.7 Å². The Labute approximate surface area is 153 Å². The summed E-state index contributed by atoms with van der Waals surface area (Å²) in [5, 5.41) is 5.57. The van der Waals surface area contributed by atoms with Gasteiger partial charge in [0.25, 0.3) is 0 Å². The minimum absolute atomic E-state index is 0.0301. The second-order valence-corrected chi connectivity index (χ2v) is 6.07. The van der Waals surface area contributed by atoms with Crippen LogP contribution in [0.4, 0.5) is 18.9 Å². The van der Waals surface area contributed by atoms with Crippen LogP contribution < -0.4 is 10.6 Å². The van der Waals surface area contributed by atoms with Gasteiger partial charge in [-0.25, -0.2) is 0 Å². The molecule has 0 aliphatic rings. The average molecular weight is 385 g/mol. The van der Waals surface area contributed by atoms with Crippen molar-refractivity contribution in [3.8, 4) is 0 Å². The Morgan fingerprint density at radius 3 is 2.35 bits per heavy atom. The van der Waals surface area contributed by atoms with Crippen LogP contribution in [0.5, 0.6) is 0 Å². The number of anilines is 1. The number of rotatable bonds is 5. The molecule has 26 heavy (non-hydrogen) atoms. The molecule has 0 heterocycles. The first-order valence-corrected chi connectivity index (χ1v) is 8.02. The first-order valence-electron chi connectivity index (χ1n) is 7.65. The van der Waals surface area contributed by atoms with Gasteiger partial charge in [0.15, 0.2) is 0 Å². The van der Waals surface area contributed by atoms with Crippen LogP contribution in [0.3, 0.4) is 0 Å². The summed E-state index contributed by atoms with van der Waals surface area (Å²) >= 11 is 5.83. The number of amides is 2. The largest absolute Gasteiger partial charge is 0.416 e. The van der Waals surface area contributed by atoms with Crippen molar-refractivity contribution in [3.63, 3.8) is 0 Å². The van der Waals surface area contributed by atoms with E-state index in [9.17, 15) is 22.8 Å². The molecule has 2 rings (SSSR count). The molecule has 0 radical (unpaired) electrons. The molecule has 0 aliphatic carbocycles. The minimum Gasteiger partial charge on any atom is -0.349 e. The normalized spacial score (nSPS) is 12.3. The quantitative estimate of drug-likeness (QED) is 0.793. The molecule has 0 spiro atoms. The Morgan fingerprint density at radius 1 is 1.12 bits per heavy atom. The summed E-state index contributed by atoms with van der Waals surface area (Å²) in [6.45, 7) is 1.31. The SMILES string of the molecule is CC(=O)N[C@H](CC(=O)Nc1cccc(C(F)(F)F)c1)c1ccc(Cl)cc1. The first-order chi connectivity index (χ1) is 12.1. The van der Waals surface area contributed by atoms with Gasteiger partial charge in [-0.2, -0.15) is 13.2 Å². The molecule has 0 saturated heterocycles. The molecule has 2 aromatic rings. The molecular formula is C18H16ClF3N2O2. The number of nitrogens with one attached hydrogen (secondary N) is 2. The van der Waals surface area contributed by atoms with E-state index in [2.05, 4.69) is 10.6 Å². The molecule has 8 heteroatoms. The predicted octanol–water partition coefficient (Wildman–Crippen LogP) is 4.56. The average Bonchev–Trinajstić information content (AvgIpc) is 2.54. The molecule has 0 fully saturated rings. The van der Waals surface area contributed by atoms with Gasteiger partial charge in [-0.15, -0.1) is 0 Å². The van der Waals surface area contributed by atoms with Crippen LogP contribution in [0.2, 0.25) is 5.02 Å². The smallest absolute Gasteiger partial charge is 0.349 e. The third kappa shape index (κ3) is 5.77. The molecule has 4 nitrogen and oxygen atoms in total. The van der Waals surface area contributed by atoms with Gasteiger partial charge in [0.1, 0.15) is 0 Å². The summed E-state index contributed by atoms with van der Waals surface area (Å²) in [6.07, 6.45) is -4.64. The standard InChI is InChI=1S/C18H16ClF3N2O2/c1-11(25)23-16(12-5-7-14(19)8-6-12)10-17(26)24-15-4-2-3-13(9-15)18(20,21)22/h2-9,16H,10H2,1H3,(H,23,25)(H,24,26)/t16-/m1/s1. The summed E-state index contributed by atoms with van der Waals surface area (Å²) in [7, 11) is 0. The third-order valence-corrected chi connectivity index (χ3v) is 3.77. The lowest BCUT2D eigenvalue weighted by atomic mass is 10.0. The van der Waals surface area contributed by atoms with Crippen molar-refractivity contribution in [2.75, 3.05) is 5.32 Å². The number of carbonyl (C=O) groups excluding carboxylic acids is 2. The molecule has 0 aliphatic heterocycles. The Kier molecular flexibility index (Phi) is 6.26. The number of carbonyl (C=O) groups is 2. The molecule has 2 aromatic carbocycles. The van der Waals surface area contributed by atoms with Crippen molar-refractivity contribution >= 4 is 29.1 Å². The highest BCUT2D eigenvalue weighted by Gasteiger charge is 2.30. The molecule has 2 amide bonds. The van der Waals surface area contributed by atoms with E-state index in [-0.39, 0.29) is 18.0 Å². The summed E-state index contributed by atoms with van der Waals surface area (Å²) in [4.78, 5) is 23.6. The number of alkyl halides is 3. The maximum Gasteiger partial charge on any atom is 0.416 e. The van der Waals surface area contributed by atoms with E-state index in [0.29, 0.717) is 10.6 Å². The lowest BCUT2D eigenvalue weighted by Gasteiger charge is -2.18. The van der Waals surface area contributed by atoms with Crippen LogP contribution in [0.15, 0.2) is 48.5 Å². The number of hydrogen-bond acceptors (Lipinski definition) is 2. The zero-order chi connectivity index (χ0) is 19.3. The van der Waals surface area contributed by atoms with E-state index in [1.807, 2.05) is 0 Å². The second-order valence-electron chi connectivity index (χ2n) is 5.64. The van der Waals surface area contributed by atoms with Crippen molar-refractivity contribution < 1.29 is 22.8 Å². The predicted molar refractivity (Wildman–Crippen MR) is 92.7 cm³/mol. The highest BCUT2D eigenvalue weighted by Crippen LogP contribution is 2.30. The van der Waals surface area contributed by atoms with Gasteiger partial charge >= 0.3 is 6.18 Å². The molecule has 0 saturated carbocycles. The van der Waals surface area contributed by atoms with Crippen LogP contribution >= 0.6 is 11.6 Å². The van der Waals surface area contributed by atoms with Crippen LogP contribution in [0, 0.1) is 0 Å². The van der Waals surface area contributed by atoms with Crippen LogP contribution in [0.1, 0.15) is 30.5 Å². The monoisotopic (exact) mass is 384 g/mol. The Bertz CT molecular complexity index is 792. The fraction of sp³-hybridized carbons (Fsp3) is 0.222. The Hall–Kier alpha value is -2.54. The van der Waals surface area contributed by atoms with Gasteiger partial charge in [-0.3, -0.25) is 9.59 Å². The van der Waals surface area contributed by atoms with Gasteiger partial charge < -0.3 is 10.6 Å². The van der Waals surface area contributed by atoms with Gasteiger partial charge in [0, 0.05) is 17.6 Å². The maximum atomic E-state index is 12.7. The van der Waals surface area contributed by atoms with E-state index in [1.54, 1.807) is 24.3 Å². The van der Waals surface area contributed by atoms with E-state index < -0.39 is 23.7 Å². The molecule has 0 unspecified atom stereocenters. The molecule has 0 bridgehead atoms. The molecular weight excluding hydrogens is 369 g/mol. The van der Waals surface area contributed by atoms with E-state index in [0.717, 1.165) is 12.1 Å². The van der Waals surface area contributed by atoms with Crippen LogP contribution in [-0.4, -0.2) is 11.8 Å². The van der Waals surface area contributed by atoms with Crippen molar-refractivity contribution in [1.82, 2.24) is 5.32 Å². The number of hydrogen-bond donors (Lipinski definition) is 2. The highest BCUT2D eigenvalue weighted by atomic mass is 35.5. The molecule has 0 aromatic heterocycles. The maximum absolute atomic E-state index is 12.7. The number of benzene rings is 2. The van der Waals surface area contributed by atoms with Crippen molar-refractivity contribution in [2.24, 2.45) is 0 Å². The summed E-state index contributed by atoms with van der Waals surface area (Å²) in [5.74, 6) is -0.866. The topological polar surface area (TPSA) is 58.2 Å². The van der Waals surface area contributed by atoms with Crippen molar-refractivity contribution in [1.29, 1.82) is 0 Å². The highest BCUT2D eigenvalue weighted by molar-refractivity contribution is 6.30. The summed E-state index contributed by atoms with van der Waals surface area (Å²) in [6, 6.07) is 10.3. The van der Waals surface area contributed by atoms with Crippen LogP contribution in [0.25, 0.3) is 0 Å². The van der Waals surface area contributed by atoms with Crippen molar-refractivity contribution in [2.45, 2.75) is 25.6 Å². The van der Waals surface area contributed by atoms with E-state index in [1.165, 1.54) is 19.1 Å². The zero-order valence-electron chi connectivity index (χ0n) is 13.7. The molecule has 1 atom stereocenters. The zero-order valence-corrected chi connectivity index (χ0v) is 14.5. The fourth-order valence-corrected chi connectivity index (χ4v) is 2.49. The molecule has 2 N–H and O–H groups in total. The second kappa shape index (κ2) is 8.23. The van der Waals surface area contributed by atoms with Gasteiger partial charge in [0.2, 0.25) is 11.8 Å². The molecule has 138 valence electrons. The Morgan fingerprint density at radius 2 is 1.77 bits per heavy atom. The van der Waals surface area contributed by atoms with Gasteiger partial charge in [-0.05, 0) is 35.9 Å².